The van der Waals surface area contributed by atoms with Crippen molar-refractivity contribution in [2.45, 2.75) is 19.8 Å². The van der Waals surface area contributed by atoms with E-state index in [1.807, 2.05) is 30.6 Å². The van der Waals surface area contributed by atoms with Gasteiger partial charge < -0.3 is 10.6 Å². The highest BCUT2D eigenvalue weighted by Gasteiger charge is 2.02. The van der Waals surface area contributed by atoms with E-state index in [4.69, 9.17) is 16.6 Å². The molecule has 0 aliphatic heterocycles. The molecule has 0 amide bonds. The monoisotopic (exact) mass is 381 g/mol. The van der Waals surface area contributed by atoms with Crippen molar-refractivity contribution in [2.75, 3.05) is 19.6 Å². The molecule has 0 radical (unpaired) electrons. The third-order valence-corrected chi connectivity index (χ3v) is 4.43. The number of para-hydroxylation sites is 1. The van der Waals surface area contributed by atoms with Crippen LogP contribution in [0.1, 0.15) is 18.1 Å². The van der Waals surface area contributed by atoms with Gasteiger partial charge in [0.25, 0.3) is 0 Å². The third kappa shape index (κ3) is 5.66. The second-order valence-corrected chi connectivity index (χ2v) is 6.56. The van der Waals surface area contributed by atoms with Crippen LogP contribution in [0.5, 0.6) is 0 Å². The van der Waals surface area contributed by atoms with Gasteiger partial charge >= 0.3 is 0 Å². The van der Waals surface area contributed by atoms with E-state index in [1.165, 1.54) is 10.9 Å². The normalized spacial score (nSPS) is 11.6. The molecule has 6 heteroatoms. The van der Waals surface area contributed by atoms with Crippen LogP contribution in [-0.4, -0.2) is 35.6 Å². The fourth-order valence-electron chi connectivity index (χ4n) is 2.88. The molecule has 2 N–H and O–H groups in total. The van der Waals surface area contributed by atoms with E-state index < -0.39 is 0 Å². The van der Waals surface area contributed by atoms with Gasteiger partial charge in [-0.05, 0) is 43.0 Å². The summed E-state index contributed by atoms with van der Waals surface area (Å²) in [5.41, 5.74) is 3.42. The predicted molar refractivity (Wildman–Crippen MR) is 112 cm³/mol. The van der Waals surface area contributed by atoms with Crippen molar-refractivity contribution in [2.24, 2.45) is 4.99 Å². The summed E-state index contributed by atoms with van der Waals surface area (Å²) in [7, 11) is 0. The molecule has 0 bridgehead atoms. The molecule has 3 rings (SSSR count). The van der Waals surface area contributed by atoms with Crippen molar-refractivity contribution in [1.29, 1.82) is 0 Å². The Morgan fingerprint density at radius 2 is 1.93 bits per heavy atom. The summed E-state index contributed by atoms with van der Waals surface area (Å²) < 4.78 is 0. The molecule has 2 heterocycles. The SMILES string of the molecule is CCNC(=NCCc1cccc2cccnc12)NCCc1ccc(Cl)nc1. The van der Waals surface area contributed by atoms with Gasteiger partial charge in [0, 0.05) is 37.4 Å². The molecular weight excluding hydrogens is 358 g/mol. The van der Waals surface area contributed by atoms with Gasteiger partial charge in [0.1, 0.15) is 5.15 Å². The van der Waals surface area contributed by atoms with E-state index in [1.54, 1.807) is 0 Å². The predicted octanol–water partition coefficient (Wildman–Crippen LogP) is 3.62. The van der Waals surface area contributed by atoms with Crippen molar-refractivity contribution < 1.29 is 0 Å². The van der Waals surface area contributed by atoms with Crippen molar-refractivity contribution in [3.8, 4) is 0 Å². The molecule has 0 aliphatic carbocycles. The smallest absolute Gasteiger partial charge is 0.191 e. The minimum Gasteiger partial charge on any atom is -0.357 e. The van der Waals surface area contributed by atoms with Crippen molar-refractivity contribution in [3.63, 3.8) is 0 Å². The number of nitrogens with zero attached hydrogens (tertiary/aromatic N) is 3. The quantitative estimate of drug-likeness (QED) is 0.373. The standard InChI is InChI=1S/C21H24ClN5/c1-2-23-21(25-13-10-16-8-9-19(22)27-15-16)26-14-11-18-6-3-5-17-7-4-12-24-20(17)18/h3-9,12,15H,2,10-11,13-14H2,1H3,(H2,23,25,26). The number of fused-ring (bicyclic) bond motifs is 1. The fourth-order valence-corrected chi connectivity index (χ4v) is 2.99. The molecule has 0 atom stereocenters. The Balaban J connectivity index is 1.56. The summed E-state index contributed by atoms with van der Waals surface area (Å²) in [6.07, 6.45) is 5.36. The van der Waals surface area contributed by atoms with Crippen LogP contribution in [0.15, 0.2) is 59.9 Å². The van der Waals surface area contributed by atoms with Gasteiger partial charge in [-0.1, -0.05) is 41.9 Å². The molecule has 0 saturated heterocycles. The Labute approximate surface area is 164 Å². The lowest BCUT2D eigenvalue weighted by Crippen LogP contribution is -2.38. The first-order valence-corrected chi connectivity index (χ1v) is 9.59. The molecule has 0 saturated carbocycles. The zero-order valence-electron chi connectivity index (χ0n) is 15.5. The Kier molecular flexibility index (Phi) is 6.99. The van der Waals surface area contributed by atoms with Gasteiger partial charge in [0.15, 0.2) is 5.96 Å². The number of hydrogen-bond donors (Lipinski definition) is 2. The van der Waals surface area contributed by atoms with Gasteiger partial charge in [-0.3, -0.25) is 9.98 Å². The van der Waals surface area contributed by atoms with Gasteiger partial charge in [0.05, 0.1) is 5.52 Å². The second kappa shape index (κ2) is 9.88. The topological polar surface area (TPSA) is 62.2 Å². The summed E-state index contributed by atoms with van der Waals surface area (Å²) in [5.74, 6) is 0.826. The number of rotatable bonds is 7. The number of benzene rings is 1. The van der Waals surface area contributed by atoms with Gasteiger partial charge in [0.2, 0.25) is 0 Å². The van der Waals surface area contributed by atoms with Gasteiger partial charge in [-0.25, -0.2) is 4.98 Å². The first kappa shape index (κ1) is 19.1. The zero-order chi connectivity index (χ0) is 18.9. The van der Waals surface area contributed by atoms with Crippen molar-refractivity contribution >= 4 is 28.5 Å². The number of pyridine rings is 2. The second-order valence-electron chi connectivity index (χ2n) is 6.17. The Morgan fingerprint density at radius 3 is 2.74 bits per heavy atom. The largest absolute Gasteiger partial charge is 0.357 e. The molecule has 140 valence electrons. The van der Waals surface area contributed by atoms with Gasteiger partial charge in [-0.15, -0.1) is 0 Å². The third-order valence-electron chi connectivity index (χ3n) is 4.21. The van der Waals surface area contributed by atoms with Crippen LogP contribution in [0.3, 0.4) is 0 Å². The average Bonchev–Trinajstić information content (AvgIpc) is 2.70. The lowest BCUT2D eigenvalue weighted by atomic mass is 10.1. The fraction of sp³-hybridized carbons (Fsp3) is 0.286. The number of halogens is 1. The minimum atomic E-state index is 0.518. The number of guanidine groups is 1. The highest BCUT2D eigenvalue weighted by atomic mass is 35.5. The summed E-state index contributed by atoms with van der Waals surface area (Å²) in [4.78, 5) is 13.3. The number of hydrogen-bond acceptors (Lipinski definition) is 3. The maximum absolute atomic E-state index is 5.82. The first-order chi connectivity index (χ1) is 13.3. The molecule has 3 aromatic rings. The Hall–Kier alpha value is -2.66. The van der Waals surface area contributed by atoms with Crippen molar-refractivity contribution in [1.82, 2.24) is 20.6 Å². The van der Waals surface area contributed by atoms with E-state index >= 15 is 0 Å². The Bertz CT molecular complexity index is 887. The van der Waals surface area contributed by atoms with Crippen LogP contribution < -0.4 is 10.6 Å². The molecule has 0 spiro atoms. The van der Waals surface area contributed by atoms with E-state index in [9.17, 15) is 0 Å². The van der Waals surface area contributed by atoms with E-state index in [0.717, 1.165) is 43.0 Å². The average molecular weight is 382 g/mol. The number of nitrogens with one attached hydrogen (secondary N) is 2. The van der Waals surface area contributed by atoms with Crippen LogP contribution in [0.2, 0.25) is 5.15 Å². The van der Waals surface area contributed by atoms with Crippen LogP contribution >= 0.6 is 11.6 Å². The zero-order valence-corrected chi connectivity index (χ0v) is 16.2. The number of aliphatic imine (C=N–C) groups is 1. The maximum Gasteiger partial charge on any atom is 0.191 e. The summed E-state index contributed by atoms with van der Waals surface area (Å²) in [5, 5.41) is 8.34. The molecule has 27 heavy (non-hydrogen) atoms. The minimum absolute atomic E-state index is 0.518. The van der Waals surface area contributed by atoms with Crippen LogP contribution in [0.25, 0.3) is 10.9 Å². The highest BCUT2D eigenvalue weighted by Crippen LogP contribution is 2.16. The lowest BCUT2D eigenvalue weighted by Gasteiger charge is -2.11. The maximum atomic E-state index is 5.82. The molecule has 0 unspecified atom stereocenters. The molecule has 5 nitrogen and oxygen atoms in total. The Morgan fingerprint density at radius 1 is 1.04 bits per heavy atom. The molecule has 2 aromatic heterocycles. The summed E-state index contributed by atoms with van der Waals surface area (Å²) in [6.45, 7) is 4.37. The summed E-state index contributed by atoms with van der Waals surface area (Å²) in [6, 6.07) is 14.2. The van der Waals surface area contributed by atoms with Crippen molar-refractivity contribution in [3.05, 3.63) is 71.1 Å². The summed E-state index contributed by atoms with van der Waals surface area (Å²) >= 11 is 5.82. The molecule has 0 aliphatic rings. The van der Waals surface area contributed by atoms with E-state index in [2.05, 4.69) is 51.8 Å². The lowest BCUT2D eigenvalue weighted by molar-refractivity contribution is 0.795. The first-order valence-electron chi connectivity index (χ1n) is 9.21. The molecule has 0 fully saturated rings. The van der Waals surface area contributed by atoms with E-state index in [0.29, 0.717) is 11.7 Å². The van der Waals surface area contributed by atoms with E-state index in [-0.39, 0.29) is 0 Å². The van der Waals surface area contributed by atoms with Crippen LogP contribution in [-0.2, 0) is 12.8 Å². The molecule has 1 aromatic carbocycles. The van der Waals surface area contributed by atoms with Crippen LogP contribution in [0.4, 0.5) is 0 Å². The van der Waals surface area contributed by atoms with Gasteiger partial charge in [-0.2, -0.15) is 0 Å². The molecular formula is C21H24ClN5. The number of aromatic nitrogens is 2. The highest BCUT2D eigenvalue weighted by molar-refractivity contribution is 6.29. The van der Waals surface area contributed by atoms with Crippen LogP contribution in [0, 0.1) is 0 Å².